The second-order valence-electron chi connectivity index (χ2n) is 8.18. The van der Waals surface area contributed by atoms with E-state index in [4.69, 9.17) is 29.6 Å². The largest absolute Gasteiger partial charge is 0.303 e. The van der Waals surface area contributed by atoms with Crippen molar-refractivity contribution in [2.75, 3.05) is 6.54 Å². The summed E-state index contributed by atoms with van der Waals surface area (Å²) in [7, 11) is -3.71. The van der Waals surface area contributed by atoms with E-state index >= 15 is 0 Å². The lowest BCUT2D eigenvalue weighted by Gasteiger charge is -2.28. The monoisotopic (exact) mass is 555 g/mol. The summed E-state index contributed by atoms with van der Waals surface area (Å²) in [6, 6.07) is 17.1. The van der Waals surface area contributed by atoms with Crippen molar-refractivity contribution < 1.29 is 13.2 Å². The summed E-state index contributed by atoms with van der Waals surface area (Å²) in [6.07, 6.45) is 6.18. The molecule has 0 atom stereocenters. The highest BCUT2D eigenvalue weighted by Gasteiger charge is 2.28. The number of fused-ring (bicyclic) bond motifs is 2. The molecule has 182 valence electrons. The van der Waals surface area contributed by atoms with Gasteiger partial charge in [0, 0.05) is 18.7 Å². The van der Waals surface area contributed by atoms with Crippen molar-refractivity contribution >= 4 is 60.7 Å². The molecule has 3 aromatic carbocycles. The van der Waals surface area contributed by atoms with Gasteiger partial charge < -0.3 is 4.57 Å². The van der Waals surface area contributed by atoms with Crippen LogP contribution >= 0.6 is 34.5 Å². The Morgan fingerprint density at radius 3 is 2.50 bits per heavy atom. The van der Waals surface area contributed by atoms with Crippen LogP contribution in [0.15, 0.2) is 70.6 Å². The maximum atomic E-state index is 13.2. The smallest absolute Gasteiger partial charge is 0.279 e. The molecule has 0 spiro atoms. The molecule has 36 heavy (non-hydrogen) atoms. The number of hydrogen-bond acceptors (Lipinski definition) is 4. The lowest BCUT2D eigenvalue weighted by atomic mass is 10.0. The number of carbonyl (C=O) groups is 1. The minimum absolute atomic E-state index is 0.129. The first kappa shape index (κ1) is 24.8. The highest BCUT2D eigenvalue weighted by Crippen LogP contribution is 2.32. The summed E-state index contributed by atoms with van der Waals surface area (Å²) < 4.78 is 30.4. The van der Waals surface area contributed by atoms with Crippen molar-refractivity contribution in [2.45, 2.75) is 24.4 Å². The van der Waals surface area contributed by atoms with Gasteiger partial charge in [-0.3, -0.25) is 4.79 Å². The molecule has 5 rings (SSSR count). The Labute approximate surface area is 222 Å². The minimum Gasteiger partial charge on any atom is -0.303 e. The third-order valence-electron chi connectivity index (χ3n) is 6.02. The second-order valence-corrected chi connectivity index (χ2v) is 11.9. The summed E-state index contributed by atoms with van der Waals surface area (Å²) in [5, 5.41) is 0.712. The minimum atomic E-state index is -3.71. The topological polar surface area (TPSA) is 71.7 Å². The fourth-order valence-electron chi connectivity index (χ4n) is 4.17. The predicted molar refractivity (Wildman–Crippen MR) is 143 cm³/mol. The van der Waals surface area contributed by atoms with Crippen LogP contribution in [0.25, 0.3) is 10.2 Å². The van der Waals surface area contributed by atoms with Gasteiger partial charge in [-0.1, -0.05) is 64.7 Å². The molecule has 6 nitrogen and oxygen atoms in total. The zero-order valence-corrected chi connectivity index (χ0v) is 22.0. The number of rotatable bonds is 4. The van der Waals surface area contributed by atoms with Gasteiger partial charge in [-0.05, 0) is 53.9 Å². The quantitative estimate of drug-likeness (QED) is 0.327. The van der Waals surface area contributed by atoms with Crippen LogP contribution in [0.3, 0.4) is 0 Å². The zero-order valence-electron chi connectivity index (χ0n) is 18.8. The number of benzene rings is 3. The molecule has 0 unspecified atom stereocenters. The summed E-state index contributed by atoms with van der Waals surface area (Å²) in [5.41, 5.74) is 3.04. The van der Waals surface area contributed by atoms with E-state index in [-0.39, 0.29) is 17.0 Å². The molecule has 1 aliphatic heterocycles. The first-order chi connectivity index (χ1) is 17.3. The number of amides is 1. The van der Waals surface area contributed by atoms with Gasteiger partial charge in [0.25, 0.3) is 5.91 Å². The van der Waals surface area contributed by atoms with E-state index in [9.17, 15) is 13.2 Å². The average Bonchev–Trinajstić information content (AvgIpc) is 3.23. The molecule has 0 bridgehead atoms. The zero-order chi connectivity index (χ0) is 25.4. The van der Waals surface area contributed by atoms with Crippen LogP contribution in [0.4, 0.5) is 0 Å². The molecular weight excluding hydrogens is 537 g/mol. The normalized spacial score (nSPS) is 14.5. The molecule has 4 aromatic rings. The average molecular weight is 556 g/mol. The van der Waals surface area contributed by atoms with Crippen LogP contribution in [0.5, 0.6) is 0 Å². The summed E-state index contributed by atoms with van der Waals surface area (Å²) in [5.74, 6) is 2.03. The first-order valence-electron chi connectivity index (χ1n) is 11.0. The number of carbonyl (C=O) groups excluding carboxylic acids is 1. The molecule has 1 aromatic heterocycles. The molecule has 0 saturated heterocycles. The summed E-state index contributed by atoms with van der Waals surface area (Å²) in [4.78, 5) is 17.7. The van der Waals surface area contributed by atoms with E-state index < -0.39 is 15.9 Å². The maximum Gasteiger partial charge on any atom is 0.279 e. The number of halogens is 2. The van der Waals surface area contributed by atoms with Crippen LogP contribution < -0.4 is 4.80 Å². The van der Waals surface area contributed by atoms with E-state index in [2.05, 4.69) is 10.9 Å². The van der Waals surface area contributed by atoms with E-state index in [1.165, 1.54) is 45.5 Å². The number of nitrogens with zero attached hydrogens (tertiary/aromatic N) is 3. The van der Waals surface area contributed by atoms with Gasteiger partial charge in [0.1, 0.15) is 0 Å². The lowest BCUT2D eigenvalue weighted by molar-refractivity contribution is 0.0998. The Morgan fingerprint density at radius 1 is 1.06 bits per heavy atom. The second kappa shape index (κ2) is 9.85. The number of aromatic nitrogens is 1. The third kappa shape index (κ3) is 4.49. The van der Waals surface area contributed by atoms with Gasteiger partial charge in [-0.25, -0.2) is 8.42 Å². The number of sulfonamides is 1. The first-order valence-corrected chi connectivity index (χ1v) is 14.0. The van der Waals surface area contributed by atoms with Gasteiger partial charge in [0.2, 0.25) is 10.0 Å². The van der Waals surface area contributed by atoms with Crippen molar-refractivity contribution in [1.29, 1.82) is 0 Å². The van der Waals surface area contributed by atoms with Gasteiger partial charge in [0.05, 0.1) is 31.7 Å². The fraction of sp³-hybridized carbons (Fsp3) is 0.154. The van der Waals surface area contributed by atoms with Crippen LogP contribution in [0, 0.1) is 12.3 Å². The number of thiazole rings is 1. The van der Waals surface area contributed by atoms with Crippen LogP contribution in [0.2, 0.25) is 10.0 Å². The molecule has 0 fully saturated rings. The predicted octanol–water partition coefficient (Wildman–Crippen LogP) is 5.13. The van der Waals surface area contributed by atoms with Gasteiger partial charge in [-0.2, -0.15) is 9.30 Å². The van der Waals surface area contributed by atoms with Crippen molar-refractivity contribution in [3.05, 3.63) is 92.2 Å². The van der Waals surface area contributed by atoms with Crippen molar-refractivity contribution in [1.82, 2.24) is 8.87 Å². The Balaban J connectivity index is 1.44. The van der Waals surface area contributed by atoms with Gasteiger partial charge in [-0.15, -0.1) is 6.42 Å². The highest BCUT2D eigenvalue weighted by molar-refractivity contribution is 7.89. The SMILES string of the molecule is C#CCn1c(=NC(=O)c2ccc(S(=O)(=O)N3CCc4ccccc4C3)cc2)sc2ccc(Cl)c(Cl)c21. The number of hydrogen-bond donors (Lipinski definition) is 0. The van der Waals surface area contributed by atoms with Crippen LogP contribution in [0.1, 0.15) is 21.5 Å². The maximum absolute atomic E-state index is 13.2. The molecule has 1 amide bonds. The van der Waals surface area contributed by atoms with E-state index in [1.54, 1.807) is 16.7 Å². The van der Waals surface area contributed by atoms with E-state index in [0.717, 1.165) is 10.3 Å². The summed E-state index contributed by atoms with van der Waals surface area (Å²) >= 11 is 13.8. The standard InChI is InChI=1S/C26H19Cl2N3O3S2/c1-2-14-31-24-22(12-11-21(27)23(24)28)35-26(31)29-25(32)18-7-9-20(10-8-18)36(33,34)30-15-13-17-5-3-4-6-19(17)16-30/h1,3-12H,13-16H2. The van der Waals surface area contributed by atoms with Crippen LogP contribution in [-0.2, 0) is 29.5 Å². The molecule has 1 aliphatic rings. The van der Waals surface area contributed by atoms with E-state index in [0.29, 0.717) is 39.9 Å². The van der Waals surface area contributed by atoms with Crippen LogP contribution in [-0.4, -0.2) is 29.7 Å². The van der Waals surface area contributed by atoms with Crippen molar-refractivity contribution in [2.24, 2.45) is 4.99 Å². The van der Waals surface area contributed by atoms with Gasteiger partial charge in [0.15, 0.2) is 4.80 Å². The molecule has 0 N–H and O–H groups in total. The molecule has 0 aliphatic carbocycles. The van der Waals surface area contributed by atoms with Crippen molar-refractivity contribution in [3.63, 3.8) is 0 Å². The Bertz CT molecular complexity index is 1720. The Morgan fingerprint density at radius 2 is 1.78 bits per heavy atom. The highest BCUT2D eigenvalue weighted by atomic mass is 35.5. The van der Waals surface area contributed by atoms with E-state index in [1.807, 2.05) is 24.3 Å². The summed E-state index contributed by atoms with van der Waals surface area (Å²) in [6.45, 7) is 0.883. The number of terminal acetylenes is 1. The fourth-order valence-corrected chi connectivity index (χ4v) is 7.10. The lowest BCUT2D eigenvalue weighted by Crippen LogP contribution is -2.35. The molecule has 10 heteroatoms. The van der Waals surface area contributed by atoms with Crippen molar-refractivity contribution in [3.8, 4) is 12.3 Å². The molecule has 0 radical (unpaired) electrons. The Hall–Kier alpha value is -2.93. The molecular formula is C26H19Cl2N3O3S2. The third-order valence-corrected chi connectivity index (χ3v) is 9.71. The molecule has 2 heterocycles. The van der Waals surface area contributed by atoms with Gasteiger partial charge >= 0.3 is 0 Å². The molecule has 0 saturated carbocycles. The Kier molecular flexibility index (Phi) is 6.77.